The van der Waals surface area contributed by atoms with E-state index in [0.717, 1.165) is 31.5 Å². The summed E-state index contributed by atoms with van der Waals surface area (Å²) in [5, 5.41) is 0. The largest absolute Gasteiger partial charge is 0.489 e. The summed E-state index contributed by atoms with van der Waals surface area (Å²) >= 11 is 0. The van der Waals surface area contributed by atoms with Crippen molar-refractivity contribution in [3.8, 4) is 0 Å². The monoisotopic (exact) mass is 180 g/mol. The highest BCUT2D eigenvalue weighted by atomic mass is 16.6. The lowest BCUT2D eigenvalue weighted by molar-refractivity contribution is 0.140. The summed E-state index contributed by atoms with van der Waals surface area (Å²) in [7, 11) is -0.116. The molecule has 0 N–H and O–H groups in total. The third-order valence-electron chi connectivity index (χ3n) is 1.93. The predicted molar refractivity (Wildman–Crippen MR) is 55.5 cm³/mol. The first-order chi connectivity index (χ1) is 6.34. The fraction of sp³-hybridized carbons (Fsp3) is 0.600. The zero-order chi connectivity index (χ0) is 9.52. The van der Waals surface area contributed by atoms with Crippen molar-refractivity contribution in [2.45, 2.75) is 26.7 Å². The normalized spacial score (nSPS) is 19.8. The SMILES string of the molecule is CC/C=C\C=C(/C)B1OCCCO1. The summed E-state index contributed by atoms with van der Waals surface area (Å²) < 4.78 is 10.9. The maximum Gasteiger partial charge on any atom is 0.489 e. The van der Waals surface area contributed by atoms with Gasteiger partial charge in [-0.3, -0.25) is 0 Å². The molecule has 0 aromatic rings. The van der Waals surface area contributed by atoms with Gasteiger partial charge in [0.05, 0.1) is 0 Å². The van der Waals surface area contributed by atoms with Gasteiger partial charge >= 0.3 is 7.12 Å². The topological polar surface area (TPSA) is 18.5 Å². The van der Waals surface area contributed by atoms with Crippen molar-refractivity contribution in [3.05, 3.63) is 23.7 Å². The third-order valence-corrected chi connectivity index (χ3v) is 1.93. The Balaban J connectivity index is 2.39. The molecule has 0 spiro atoms. The van der Waals surface area contributed by atoms with E-state index < -0.39 is 0 Å². The Morgan fingerprint density at radius 1 is 1.38 bits per heavy atom. The van der Waals surface area contributed by atoms with Gasteiger partial charge in [0.15, 0.2) is 0 Å². The van der Waals surface area contributed by atoms with Gasteiger partial charge in [-0.05, 0) is 25.2 Å². The predicted octanol–water partition coefficient (Wildman–Crippen LogP) is 2.36. The highest BCUT2D eigenvalue weighted by Crippen LogP contribution is 2.09. The summed E-state index contributed by atoms with van der Waals surface area (Å²) in [6, 6.07) is 0. The van der Waals surface area contributed by atoms with E-state index >= 15 is 0 Å². The van der Waals surface area contributed by atoms with E-state index in [9.17, 15) is 0 Å². The van der Waals surface area contributed by atoms with Gasteiger partial charge in [0.25, 0.3) is 0 Å². The second-order valence-corrected chi connectivity index (χ2v) is 3.17. The van der Waals surface area contributed by atoms with Crippen LogP contribution in [-0.2, 0) is 9.31 Å². The first-order valence-corrected chi connectivity index (χ1v) is 4.91. The molecule has 1 aliphatic heterocycles. The van der Waals surface area contributed by atoms with Crippen molar-refractivity contribution < 1.29 is 9.31 Å². The van der Waals surface area contributed by atoms with Gasteiger partial charge in [-0.1, -0.05) is 25.2 Å². The lowest BCUT2D eigenvalue weighted by Crippen LogP contribution is -2.30. The fourth-order valence-electron chi connectivity index (χ4n) is 1.19. The van der Waals surface area contributed by atoms with E-state index in [1.807, 2.05) is 6.92 Å². The van der Waals surface area contributed by atoms with Crippen LogP contribution >= 0.6 is 0 Å². The van der Waals surface area contributed by atoms with Crippen LogP contribution in [0.5, 0.6) is 0 Å². The second kappa shape index (κ2) is 6.00. The van der Waals surface area contributed by atoms with Gasteiger partial charge in [-0.2, -0.15) is 0 Å². The zero-order valence-electron chi connectivity index (χ0n) is 8.45. The molecule has 0 bridgehead atoms. The van der Waals surface area contributed by atoms with E-state index in [0.29, 0.717) is 0 Å². The molecule has 0 aliphatic carbocycles. The maximum atomic E-state index is 5.45. The molecule has 1 fully saturated rings. The maximum absolute atomic E-state index is 5.45. The Labute approximate surface area is 80.8 Å². The Morgan fingerprint density at radius 2 is 2.08 bits per heavy atom. The summed E-state index contributed by atoms with van der Waals surface area (Å²) in [5.74, 6) is 0. The molecule has 3 heteroatoms. The molecular weight excluding hydrogens is 163 g/mol. The summed E-state index contributed by atoms with van der Waals surface area (Å²) in [5.41, 5.74) is 1.14. The van der Waals surface area contributed by atoms with Gasteiger partial charge in [0.2, 0.25) is 0 Å². The molecular formula is C10H17BO2. The molecule has 1 saturated heterocycles. The summed E-state index contributed by atoms with van der Waals surface area (Å²) in [4.78, 5) is 0. The van der Waals surface area contributed by atoms with Crippen LogP contribution in [0.3, 0.4) is 0 Å². The highest BCUT2D eigenvalue weighted by molar-refractivity contribution is 6.53. The van der Waals surface area contributed by atoms with E-state index in [2.05, 4.69) is 25.2 Å². The van der Waals surface area contributed by atoms with Crippen LogP contribution in [-0.4, -0.2) is 20.3 Å². The van der Waals surface area contributed by atoms with Gasteiger partial charge in [-0.15, -0.1) is 0 Å². The minimum atomic E-state index is -0.116. The van der Waals surface area contributed by atoms with Crippen LogP contribution in [0.25, 0.3) is 0 Å². The first-order valence-electron chi connectivity index (χ1n) is 4.91. The minimum absolute atomic E-state index is 0.116. The Kier molecular flexibility index (Phi) is 4.87. The number of allylic oxidation sites excluding steroid dienone is 4. The van der Waals surface area contributed by atoms with Gasteiger partial charge in [-0.25, -0.2) is 0 Å². The lowest BCUT2D eigenvalue weighted by Gasteiger charge is -2.19. The van der Waals surface area contributed by atoms with E-state index in [1.165, 1.54) is 0 Å². The van der Waals surface area contributed by atoms with E-state index in [-0.39, 0.29) is 7.12 Å². The molecule has 13 heavy (non-hydrogen) atoms. The molecule has 0 aromatic heterocycles. The zero-order valence-corrected chi connectivity index (χ0v) is 8.45. The molecule has 0 unspecified atom stereocenters. The second-order valence-electron chi connectivity index (χ2n) is 3.17. The average Bonchev–Trinajstić information content (AvgIpc) is 2.19. The van der Waals surface area contributed by atoms with Crippen LogP contribution in [0.15, 0.2) is 23.7 Å². The molecule has 72 valence electrons. The highest BCUT2D eigenvalue weighted by Gasteiger charge is 2.22. The number of rotatable bonds is 3. The molecule has 1 aliphatic rings. The Bertz CT molecular complexity index is 193. The Morgan fingerprint density at radius 3 is 2.69 bits per heavy atom. The molecule has 1 heterocycles. The molecule has 0 saturated carbocycles. The van der Waals surface area contributed by atoms with Crippen molar-refractivity contribution in [1.82, 2.24) is 0 Å². The lowest BCUT2D eigenvalue weighted by atomic mass is 9.78. The van der Waals surface area contributed by atoms with Crippen LogP contribution < -0.4 is 0 Å². The van der Waals surface area contributed by atoms with Crippen LogP contribution in [0, 0.1) is 0 Å². The molecule has 0 atom stereocenters. The Hall–Kier alpha value is -0.535. The van der Waals surface area contributed by atoms with Crippen LogP contribution in [0.4, 0.5) is 0 Å². The molecule has 1 rings (SSSR count). The molecule has 2 nitrogen and oxygen atoms in total. The third kappa shape index (κ3) is 3.79. The summed E-state index contributed by atoms with van der Waals surface area (Å²) in [6.45, 7) is 5.78. The van der Waals surface area contributed by atoms with Crippen LogP contribution in [0.2, 0.25) is 0 Å². The minimum Gasteiger partial charge on any atom is -0.407 e. The quantitative estimate of drug-likeness (QED) is 0.490. The average molecular weight is 180 g/mol. The van der Waals surface area contributed by atoms with E-state index in [1.54, 1.807) is 0 Å². The fourth-order valence-corrected chi connectivity index (χ4v) is 1.19. The standard InChI is InChI=1S/C10H17BO2/c1-3-4-5-7-10(2)11-12-8-6-9-13-11/h4-5,7H,3,6,8-9H2,1-2H3/b5-4-,10-7+. The van der Waals surface area contributed by atoms with E-state index in [4.69, 9.17) is 9.31 Å². The van der Waals surface area contributed by atoms with Crippen LogP contribution in [0.1, 0.15) is 26.7 Å². The van der Waals surface area contributed by atoms with Crippen molar-refractivity contribution in [1.29, 1.82) is 0 Å². The first kappa shape index (κ1) is 10.5. The van der Waals surface area contributed by atoms with Gasteiger partial charge in [0, 0.05) is 13.2 Å². The molecule has 0 amide bonds. The van der Waals surface area contributed by atoms with Gasteiger partial charge in [0.1, 0.15) is 0 Å². The van der Waals surface area contributed by atoms with Crippen molar-refractivity contribution in [3.63, 3.8) is 0 Å². The molecule has 0 aromatic carbocycles. The smallest absolute Gasteiger partial charge is 0.407 e. The number of hydrogen-bond donors (Lipinski definition) is 0. The number of hydrogen-bond acceptors (Lipinski definition) is 2. The van der Waals surface area contributed by atoms with Crippen molar-refractivity contribution in [2.24, 2.45) is 0 Å². The van der Waals surface area contributed by atoms with Gasteiger partial charge < -0.3 is 9.31 Å². The van der Waals surface area contributed by atoms with Crippen molar-refractivity contribution in [2.75, 3.05) is 13.2 Å². The molecule has 0 radical (unpaired) electrons. The van der Waals surface area contributed by atoms with Crippen molar-refractivity contribution >= 4 is 7.12 Å². The summed E-state index contributed by atoms with van der Waals surface area (Å²) in [6.07, 6.45) is 8.30.